The SMILES string of the molecule is C/C=C/c1ccc(Cc2ccccc2)cc1.CCCCCC(CC)(CC)CC(CC(CC)(CC)CC)(CC(CC)(CC)CC)CC(C)(CC)c1ccccc1. The van der Waals surface area contributed by atoms with E-state index in [9.17, 15) is 0 Å². The van der Waals surface area contributed by atoms with Gasteiger partial charge < -0.3 is 0 Å². The number of unbranched alkanes of at least 4 members (excludes halogenated alkanes) is 2. The highest BCUT2D eigenvalue weighted by Gasteiger charge is 2.49. The zero-order valence-corrected chi connectivity index (χ0v) is 38.5. The lowest BCUT2D eigenvalue weighted by Gasteiger charge is -2.55. The number of benzene rings is 3. The van der Waals surface area contributed by atoms with Gasteiger partial charge in [-0.3, -0.25) is 0 Å². The number of hydrogen-bond donors (Lipinski definition) is 0. The average Bonchev–Trinajstić information content (AvgIpc) is 3.23. The molecule has 0 saturated carbocycles. The molecule has 3 rings (SSSR count). The van der Waals surface area contributed by atoms with Crippen LogP contribution in [-0.2, 0) is 11.8 Å². The molecule has 0 radical (unpaired) electrons. The van der Waals surface area contributed by atoms with Gasteiger partial charge in [-0.1, -0.05) is 244 Å². The number of rotatable bonds is 25. The predicted octanol–water partition coefficient (Wildman–Crippen LogP) is 18.0. The van der Waals surface area contributed by atoms with Gasteiger partial charge >= 0.3 is 0 Å². The highest BCUT2D eigenvalue weighted by Crippen LogP contribution is 2.60. The summed E-state index contributed by atoms with van der Waals surface area (Å²) in [5.74, 6) is 0. The molecular formula is C55H88. The quantitative estimate of drug-likeness (QED) is 0.0757. The van der Waals surface area contributed by atoms with Crippen LogP contribution in [0.4, 0.5) is 0 Å². The summed E-state index contributed by atoms with van der Waals surface area (Å²) >= 11 is 0. The number of hydrogen-bond acceptors (Lipinski definition) is 0. The van der Waals surface area contributed by atoms with Crippen LogP contribution in [0.3, 0.4) is 0 Å². The summed E-state index contributed by atoms with van der Waals surface area (Å²) in [5, 5.41) is 0. The maximum absolute atomic E-state index is 2.62. The molecular weight excluding hydrogens is 661 g/mol. The fourth-order valence-electron chi connectivity index (χ4n) is 10.6. The van der Waals surface area contributed by atoms with Crippen LogP contribution in [-0.4, -0.2) is 0 Å². The van der Waals surface area contributed by atoms with Gasteiger partial charge in [0, 0.05) is 0 Å². The average molecular weight is 749 g/mol. The second-order valence-corrected chi connectivity index (χ2v) is 18.2. The monoisotopic (exact) mass is 749 g/mol. The third-order valence-corrected chi connectivity index (χ3v) is 15.2. The molecule has 1 unspecified atom stereocenters. The lowest BCUT2D eigenvalue weighted by molar-refractivity contribution is -0.0236. The zero-order chi connectivity index (χ0) is 40.9. The summed E-state index contributed by atoms with van der Waals surface area (Å²) in [6.45, 7) is 29.5. The second-order valence-electron chi connectivity index (χ2n) is 18.2. The molecule has 3 aromatic carbocycles. The van der Waals surface area contributed by atoms with Gasteiger partial charge in [-0.05, 0) is 101 Å². The molecule has 0 saturated heterocycles. The van der Waals surface area contributed by atoms with Crippen LogP contribution in [0.15, 0.2) is 91.0 Å². The summed E-state index contributed by atoms with van der Waals surface area (Å²) in [4.78, 5) is 0. The van der Waals surface area contributed by atoms with Crippen molar-refractivity contribution in [1.29, 1.82) is 0 Å². The molecule has 0 heteroatoms. The lowest BCUT2D eigenvalue weighted by atomic mass is 9.50. The van der Waals surface area contributed by atoms with Crippen molar-refractivity contribution in [2.45, 2.75) is 204 Å². The summed E-state index contributed by atoms with van der Waals surface area (Å²) in [5.41, 5.74) is 7.46. The first kappa shape index (κ1) is 48.5. The summed E-state index contributed by atoms with van der Waals surface area (Å²) < 4.78 is 0. The van der Waals surface area contributed by atoms with Crippen LogP contribution in [0.2, 0.25) is 0 Å². The minimum Gasteiger partial charge on any atom is -0.0871 e. The van der Waals surface area contributed by atoms with Crippen molar-refractivity contribution in [3.63, 3.8) is 0 Å². The topological polar surface area (TPSA) is 0 Å². The van der Waals surface area contributed by atoms with Gasteiger partial charge in [-0.15, -0.1) is 0 Å². The smallest absolute Gasteiger partial charge is 0.00258 e. The van der Waals surface area contributed by atoms with Crippen molar-refractivity contribution in [3.05, 3.63) is 113 Å². The molecule has 3 aromatic rings. The number of allylic oxidation sites excluding steroid dienone is 1. The molecule has 0 aromatic heterocycles. The van der Waals surface area contributed by atoms with Crippen LogP contribution in [0.25, 0.3) is 6.08 Å². The van der Waals surface area contributed by atoms with E-state index in [0.29, 0.717) is 21.7 Å². The van der Waals surface area contributed by atoms with Gasteiger partial charge in [-0.25, -0.2) is 0 Å². The fraction of sp³-hybridized carbons (Fsp3) is 0.636. The first-order chi connectivity index (χ1) is 26.4. The Balaban J connectivity index is 0.000000536. The maximum Gasteiger partial charge on any atom is -0.00258 e. The molecule has 0 aliphatic carbocycles. The van der Waals surface area contributed by atoms with Crippen LogP contribution in [0, 0.1) is 21.7 Å². The summed E-state index contributed by atoms with van der Waals surface area (Å²) in [7, 11) is 0. The van der Waals surface area contributed by atoms with Crippen molar-refractivity contribution >= 4 is 6.08 Å². The van der Waals surface area contributed by atoms with Crippen molar-refractivity contribution in [3.8, 4) is 0 Å². The molecule has 0 aliphatic rings. The molecule has 308 valence electrons. The summed E-state index contributed by atoms with van der Waals surface area (Å²) in [6, 6.07) is 30.9. The van der Waals surface area contributed by atoms with Crippen LogP contribution in [0.5, 0.6) is 0 Å². The summed E-state index contributed by atoms with van der Waals surface area (Å²) in [6.07, 6.45) is 28.0. The third-order valence-electron chi connectivity index (χ3n) is 15.2. The molecule has 0 heterocycles. The van der Waals surface area contributed by atoms with Crippen molar-refractivity contribution < 1.29 is 0 Å². The van der Waals surface area contributed by atoms with Crippen molar-refractivity contribution in [2.75, 3.05) is 0 Å². The van der Waals surface area contributed by atoms with E-state index in [1.807, 2.05) is 6.92 Å². The van der Waals surface area contributed by atoms with E-state index in [1.54, 1.807) is 5.56 Å². The molecule has 0 nitrogen and oxygen atoms in total. The molecule has 0 bridgehead atoms. The highest BCUT2D eigenvalue weighted by molar-refractivity contribution is 5.49. The fourth-order valence-corrected chi connectivity index (χ4v) is 10.6. The Kier molecular flexibility index (Phi) is 21.4. The Morgan fingerprint density at radius 2 is 0.873 bits per heavy atom. The molecule has 55 heavy (non-hydrogen) atoms. The van der Waals surface area contributed by atoms with Gasteiger partial charge in [0.1, 0.15) is 0 Å². The van der Waals surface area contributed by atoms with Gasteiger partial charge in [0.05, 0.1) is 0 Å². The minimum atomic E-state index is 0.208. The lowest BCUT2D eigenvalue weighted by Crippen LogP contribution is -2.44. The second kappa shape index (κ2) is 24.2. The van der Waals surface area contributed by atoms with Crippen LogP contribution in [0.1, 0.15) is 214 Å². The standard InChI is InChI=1S/C39H72.C16H16/c1-12-22-26-29-38(20-9,21-10)33-39(31-36(14-3,15-4)16-5,32-37(17-6,18-7)19-8)30-35(11,13-2)34-27-24-23-25-28-34;1-2-6-14-9-11-16(12-10-14)13-15-7-4-3-5-8-15/h23-25,27-28H,12-22,26,29-33H2,1-11H3;2-12H,13H2,1H3/b;6-2+. The molecule has 1 atom stereocenters. The van der Waals surface area contributed by atoms with Gasteiger partial charge in [0.15, 0.2) is 0 Å². The Morgan fingerprint density at radius 3 is 1.29 bits per heavy atom. The van der Waals surface area contributed by atoms with E-state index < -0.39 is 0 Å². The molecule has 0 aliphatic heterocycles. The predicted molar refractivity (Wildman–Crippen MR) is 249 cm³/mol. The third kappa shape index (κ3) is 14.4. The van der Waals surface area contributed by atoms with Gasteiger partial charge in [0.25, 0.3) is 0 Å². The molecule has 0 spiro atoms. The first-order valence-electron chi connectivity index (χ1n) is 23.2. The van der Waals surface area contributed by atoms with Gasteiger partial charge in [-0.2, -0.15) is 0 Å². The molecule has 0 fully saturated rings. The van der Waals surface area contributed by atoms with E-state index in [0.717, 1.165) is 6.42 Å². The Hall–Kier alpha value is -2.60. The van der Waals surface area contributed by atoms with E-state index >= 15 is 0 Å². The largest absolute Gasteiger partial charge is 0.0871 e. The maximum atomic E-state index is 2.62. The van der Waals surface area contributed by atoms with Gasteiger partial charge in [0.2, 0.25) is 0 Å². The Labute approximate surface area is 343 Å². The minimum absolute atomic E-state index is 0.208. The van der Waals surface area contributed by atoms with E-state index in [2.05, 4.69) is 173 Å². The van der Waals surface area contributed by atoms with Crippen molar-refractivity contribution in [2.24, 2.45) is 21.7 Å². The normalized spacial score (nSPS) is 13.7. The van der Waals surface area contributed by atoms with E-state index in [-0.39, 0.29) is 5.41 Å². The Morgan fingerprint density at radius 1 is 0.436 bits per heavy atom. The Bertz CT molecular complexity index is 1380. The van der Waals surface area contributed by atoms with Crippen molar-refractivity contribution in [1.82, 2.24) is 0 Å². The van der Waals surface area contributed by atoms with E-state index in [1.165, 1.54) is 126 Å². The van der Waals surface area contributed by atoms with Crippen LogP contribution < -0.4 is 0 Å². The van der Waals surface area contributed by atoms with E-state index in [4.69, 9.17) is 0 Å². The molecule has 0 amide bonds. The molecule has 0 N–H and O–H groups in total. The zero-order valence-electron chi connectivity index (χ0n) is 38.5. The highest BCUT2D eigenvalue weighted by atomic mass is 14.5. The van der Waals surface area contributed by atoms with Crippen LogP contribution >= 0.6 is 0 Å². The first-order valence-corrected chi connectivity index (χ1v) is 23.2.